The molecule has 0 atom stereocenters. The Morgan fingerprint density at radius 2 is 1.91 bits per heavy atom. The van der Waals surface area contributed by atoms with E-state index in [9.17, 15) is 10.0 Å². The lowest BCUT2D eigenvalue weighted by molar-refractivity contribution is 0.262. The van der Waals surface area contributed by atoms with E-state index in [1.54, 1.807) is 22.9 Å². The fourth-order valence-corrected chi connectivity index (χ4v) is 3.93. The van der Waals surface area contributed by atoms with Gasteiger partial charge in [-0.25, -0.2) is 9.48 Å². The lowest BCUT2D eigenvalue weighted by atomic mass is 9.92. The van der Waals surface area contributed by atoms with Crippen molar-refractivity contribution in [2.45, 2.75) is 39.0 Å². The van der Waals surface area contributed by atoms with Crippen LogP contribution in [-0.4, -0.2) is 26.7 Å². The Balaban J connectivity index is 1.69. The number of halogens is 2. The number of nitrogens with one attached hydrogen (secondary N) is 2. The van der Waals surface area contributed by atoms with E-state index in [2.05, 4.69) is 36.6 Å². The molecule has 1 heterocycles. The van der Waals surface area contributed by atoms with Crippen molar-refractivity contribution in [2.24, 2.45) is 5.16 Å². The molecule has 9 heteroatoms. The fourth-order valence-electron chi connectivity index (χ4n) is 3.58. The van der Waals surface area contributed by atoms with Crippen LogP contribution >= 0.6 is 23.2 Å². The number of rotatable bonds is 3. The highest BCUT2D eigenvalue weighted by Crippen LogP contribution is 2.31. The first-order valence-corrected chi connectivity index (χ1v) is 10.9. The molecule has 3 aromatic rings. The van der Waals surface area contributed by atoms with Crippen LogP contribution in [0.25, 0.3) is 5.69 Å². The van der Waals surface area contributed by atoms with Crippen molar-refractivity contribution in [3.63, 3.8) is 0 Å². The molecule has 166 valence electrons. The van der Waals surface area contributed by atoms with Gasteiger partial charge in [0.05, 0.1) is 32.8 Å². The number of nitrogens with zero attached hydrogens (tertiary/aromatic N) is 3. The highest BCUT2D eigenvalue weighted by molar-refractivity contribution is 6.44. The SMILES string of the molecule is CC(C)(C)c1cc(NC(=O)Nc2cccc(Cl)c2Cl)n(-c2ccc3c(c2)/C(=N/O)CC3)n1. The average Bonchev–Trinajstić information content (AvgIpc) is 3.34. The van der Waals surface area contributed by atoms with Crippen molar-refractivity contribution in [1.82, 2.24) is 9.78 Å². The Kier molecular flexibility index (Phi) is 5.88. The van der Waals surface area contributed by atoms with Crippen LogP contribution in [0.4, 0.5) is 16.3 Å². The summed E-state index contributed by atoms with van der Waals surface area (Å²) in [6.07, 6.45) is 1.52. The Labute approximate surface area is 196 Å². The Morgan fingerprint density at radius 3 is 2.62 bits per heavy atom. The molecule has 32 heavy (non-hydrogen) atoms. The molecule has 0 radical (unpaired) electrons. The number of hydrogen-bond acceptors (Lipinski definition) is 4. The van der Waals surface area contributed by atoms with Gasteiger partial charge >= 0.3 is 6.03 Å². The second-order valence-corrected chi connectivity index (χ2v) is 9.43. The van der Waals surface area contributed by atoms with Crippen molar-refractivity contribution < 1.29 is 10.0 Å². The predicted molar refractivity (Wildman–Crippen MR) is 128 cm³/mol. The van der Waals surface area contributed by atoms with E-state index in [1.807, 2.05) is 24.3 Å². The van der Waals surface area contributed by atoms with Crippen molar-refractivity contribution >= 4 is 46.4 Å². The van der Waals surface area contributed by atoms with E-state index < -0.39 is 6.03 Å². The van der Waals surface area contributed by atoms with Crippen LogP contribution in [0.15, 0.2) is 47.6 Å². The zero-order chi connectivity index (χ0) is 23.0. The molecule has 1 aliphatic carbocycles. The van der Waals surface area contributed by atoms with Crippen molar-refractivity contribution in [2.75, 3.05) is 10.6 Å². The van der Waals surface area contributed by atoms with E-state index in [4.69, 9.17) is 28.3 Å². The number of carbonyl (C=O) groups excluding carboxylic acids is 1. The van der Waals surface area contributed by atoms with Crippen LogP contribution in [0.5, 0.6) is 0 Å². The second-order valence-electron chi connectivity index (χ2n) is 8.65. The summed E-state index contributed by atoms with van der Waals surface area (Å²) in [5.41, 5.74) is 4.38. The molecule has 3 N–H and O–H groups in total. The molecule has 0 spiro atoms. The summed E-state index contributed by atoms with van der Waals surface area (Å²) in [5, 5.41) is 23.7. The average molecular weight is 472 g/mol. The maximum atomic E-state index is 12.8. The third kappa shape index (κ3) is 4.31. The number of aromatic nitrogens is 2. The van der Waals surface area contributed by atoms with Crippen molar-refractivity contribution in [3.05, 3.63) is 69.3 Å². The maximum Gasteiger partial charge on any atom is 0.324 e. The van der Waals surface area contributed by atoms with E-state index in [1.165, 1.54) is 0 Å². The van der Waals surface area contributed by atoms with Gasteiger partial charge in [0, 0.05) is 17.0 Å². The van der Waals surface area contributed by atoms with E-state index >= 15 is 0 Å². The molecule has 0 fully saturated rings. The van der Waals surface area contributed by atoms with Crippen LogP contribution in [0.1, 0.15) is 44.0 Å². The number of benzene rings is 2. The number of aryl methyl sites for hydroxylation is 1. The number of carbonyl (C=O) groups is 1. The second kappa shape index (κ2) is 8.48. The van der Waals surface area contributed by atoms with Crippen LogP contribution < -0.4 is 10.6 Å². The highest BCUT2D eigenvalue weighted by Gasteiger charge is 2.24. The third-order valence-corrected chi connectivity index (χ3v) is 6.14. The van der Waals surface area contributed by atoms with Gasteiger partial charge in [-0.05, 0) is 42.7 Å². The minimum Gasteiger partial charge on any atom is -0.411 e. The van der Waals surface area contributed by atoms with E-state index in [0.29, 0.717) is 28.7 Å². The third-order valence-electron chi connectivity index (χ3n) is 5.32. The number of fused-ring (bicyclic) bond motifs is 1. The topological polar surface area (TPSA) is 91.5 Å². The number of amides is 2. The molecule has 0 bridgehead atoms. The summed E-state index contributed by atoms with van der Waals surface area (Å²) in [4.78, 5) is 12.8. The zero-order valence-electron chi connectivity index (χ0n) is 17.9. The molecule has 4 rings (SSSR count). The molecule has 0 saturated carbocycles. The summed E-state index contributed by atoms with van der Waals surface area (Å²) in [6, 6.07) is 12.2. The maximum absolute atomic E-state index is 12.8. The molecular weight excluding hydrogens is 449 g/mol. The fraction of sp³-hybridized carbons (Fsp3) is 0.261. The van der Waals surface area contributed by atoms with Crippen molar-refractivity contribution in [1.29, 1.82) is 0 Å². The minimum atomic E-state index is -0.477. The van der Waals surface area contributed by atoms with Gasteiger partial charge < -0.3 is 10.5 Å². The van der Waals surface area contributed by atoms with E-state index in [-0.39, 0.29) is 10.4 Å². The van der Waals surface area contributed by atoms with Crippen LogP contribution in [-0.2, 0) is 11.8 Å². The molecule has 0 aliphatic heterocycles. The minimum absolute atomic E-state index is 0.233. The van der Waals surface area contributed by atoms with Gasteiger partial charge in [-0.2, -0.15) is 5.10 Å². The molecule has 7 nitrogen and oxygen atoms in total. The standard InChI is InChI=1S/C23H23Cl2N5O2/c1-23(2,3)19-12-20(27-22(31)26-18-6-4-5-16(24)21(18)25)30(28-19)14-9-7-13-8-10-17(29-32)15(13)11-14/h4-7,9,11-12,32H,8,10H2,1-3H3,(H2,26,27,31)/b29-17+. The number of hydrogen-bond donors (Lipinski definition) is 3. The summed E-state index contributed by atoms with van der Waals surface area (Å²) < 4.78 is 1.67. The van der Waals surface area contributed by atoms with Gasteiger partial charge in [0.15, 0.2) is 0 Å². The Morgan fingerprint density at radius 1 is 1.12 bits per heavy atom. The largest absolute Gasteiger partial charge is 0.411 e. The van der Waals surface area contributed by atoms with Gasteiger partial charge in [-0.1, -0.05) is 61.3 Å². The molecule has 2 aromatic carbocycles. The number of urea groups is 1. The van der Waals surface area contributed by atoms with Gasteiger partial charge in [0.2, 0.25) is 0 Å². The molecule has 0 unspecified atom stereocenters. The summed E-state index contributed by atoms with van der Waals surface area (Å²) in [7, 11) is 0. The van der Waals surface area contributed by atoms with Crippen molar-refractivity contribution in [3.8, 4) is 5.69 Å². The predicted octanol–water partition coefficient (Wildman–Crippen LogP) is 6.25. The quantitative estimate of drug-likeness (QED) is 0.311. The highest BCUT2D eigenvalue weighted by atomic mass is 35.5. The lowest BCUT2D eigenvalue weighted by Gasteiger charge is -2.14. The smallest absolute Gasteiger partial charge is 0.324 e. The molecule has 0 saturated heterocycles. The van der Waals surface area contributed by atoms with Crippen LogP contribution in [0.3, 0.4) is 0 Å². The molecule has 1 aromatic heterocycles. The summed E-state index contributed by atoms with van der Waals surface area (Å²) in [6.45, 7) is 6.15. The first kappa shape index (κ1) is 22.2. The Hall–Kier alpha value is -3.03. The first-order valence-electron chi connectivity index (χ1n) is 10.1. The van der Waals surface area contributed by atoms with Crippen LogP contribution in [0, 0.1) is 0 Å². The molecule has 1 aliphatic rings. The number of anilines is 2. The van der Waals surface area contributed by atoms with Gasteiger partial charge in [0.25, 0.3) is 0 Å². The van der Waals surface area contributed by atoms with E-state index in [0.717, 1.165) is 28.9 Å². The lowest BCUT2D eigenvalue weighted by Crippen LogP contribution is -2.21. The monoisotopic (exact) mass is 471 g/mol. The normalized spacial score (nSPS) is 14.5. The zero-order valence-corrected chi connectivity index (χ0v) is 19.4. The first-order chi connectivity index (χ1) is 15.2. The Bertz CT molecular complexity index is 1230. The van der Waals surface area contributed by atoms with Gasteiger partial charge in [-0.15, -0.1) is 0 Å². The summed E-state index contributed by atoms with van der Waals surface area (Å²) >= 11 is 12.2. The van der Waals surface area contributed by atoms with Gasteiger partial charge in [0.1, 0.15) is 5.82 Å². The van der Waals surface area contributed by atoms with Gasteiger partial charge in [-0.3, -0.25) is 5.32 Å². The van der Waals surface area contributed by atoms with Crippen LogP contribution in [0.2, 0.25) is 10.0 Å². The number of oxime groups is 1. The summed E-state index contributed by atoms with van der Waals surface area (Å²) in [5.74, 6) is 0.492. The molecular formula is C23H23Cl2N5O2. The molecule has 2 amide bonds.